The molecule has 0 radical (unpaired) electrons. The van der Waals surface area contributed by atoms with Gasteiger partial charge in [-0.05, 0) is 68.2 Å². The Kier molecular flexibility index (Phi) is 6.22. The second-order valence-corrected chi connectivity index (χ2v) is 6.43. The molecular formula is C20H24N4O2. The van der Waals surface area contributed by atoms with E-state index in [1.54, 1.807) is 24.3 Å². The van der Waals surface area contributed by atoms with Crippen LogP contribution in [0, 0.1) is 5.92 Å². The lowest BCUT2D eigenvalue weighted by Crippen LogP contribution is -2.26. The summed E-state index contributed by atoms with van der Waals surface area (Å²) in [7, 11) is 0. The Morgan fingerprint density at radius 3 is 2.31 bits per heavy atom. The fourth-order valence-electron chi connectivity index (χ4n) is 2.97. The van der Waals surface area contributed by atoms with Crippen LogP contribution in [0.2, 0.25) is 0 Å². The van der Waals surface area contributed by atoms with E-state index >= 15 is 0 Å². The summed E-state index contributed by atoms with van der Waals surface area (Å²) < 4.78 is 0. The second-order valence-electron chi connectivity index (χ2n) is 6.43. The third kappa shape index (κ3) is 5.32. The molecule has 3 rings (SSSR count). The Morgan fingerprint density at radius 1 is 0.962 bits per heavy atom. The zero-order valence-corrected chi connectivity index (χ0v) is 14.6. The Balaban J connectivity index is 1.44. The number of para-hydroxylation sites is 1. The number of hydrogen-bond donors (Lipinski definition) is 4. The zero-order valence-electron chi connectivity index (χ0n) is 14.6. The maximum Gasteiger partial charge on any atom is 0.323 e. The van der Waals surface area contributed by atoms with Gasteiger partial charge >= 0.3 is 6.03 Å². The summed E-state index contributed by atoms with van der Waals surface area (Å²) in [6, 6.07) is 15.8. The fourth-order valence-corrected chi connectivity index (χ4v) is 2.97. The summed E-state index contributed by atoms with van der Waals surface area (Å²) >= 11 is 0. The second kappa shape index (κ2) is 9.01. The molecule has 0 saturated carbocycles. The molecule has 1 fully saturated rings. The van der Waals surface area contributed by atoms with Crippen molar-refractivity contribution in [2.75, 3.05) is 30.3 Å². The molecule has 1 unspecified atom stereocenters. The highest BCUT2D eigenvalue weighted by Crippen LogP contribution is 2.13. The predicted octanol–water partition coefficient (Wildman–Crippen LogP) is 3.06. The summed E-state index contributed by atoms with van der Waals surface area (Å²) in [4.78, 5) is 24.1. The van der Waals surface area contributed by atoms with Gasteiger partial charge in [0.1, 0.15) is 0 Å². The quantitative estimate of drug-likeness (QED) is 0.645. The smallest absolute Gasteiger partial charge is 0.323 e. The molecule has 1 heterocycles. The van der Waals surface area contributed by atoms with Gasteiger partial charge in [-0.1, -0.05) is 18.2 Å². The molecule has 2 aromatic rings. The van der Waals surface area contributed by atoms with E-state index in [1.807, 2.05) is 30.3 Å². The molecule has 0 aliphatic carbocycles. The van der Waals surface area contributed by atoms with E-state index < -0.39 is 0 Å². The number of urea groups is 1. The molecule has 1 saturated heterocycles. The molecule has 0 aromatic heterocycles. The first-order valence-corrected chi connectivity index (χ1v) is 8.93. The highest BCUT2D eigenvalue weighted by molar-refractivity contribution is 6.00. The van der Waals surface area contributed by atoms with Gasteiger partial charge in [0, 0.05) is 23.5 Å². The lowest BCUT2D eigenvalue weighted by molar-refractivity contribution is 0.0951. The van der Waals surface area contributed by atoms with Gasteiger partial charge in [0.15, 0.2) is 0 Å². The first-order valence-electron chi connectivity index (χ1n) is 8.93. The first-order chi connectivity index (χ1) is 12.7. The molecule has 1 aliphatic rings. The van der Waals surface area contributed by atoms with Crippen molar-refractivity contribution in [2.45, 2.75) is 12.8 Å². The number of anilines is 2. The summed E-state index contributed by atoms with van der Waals surface area (Å²) in [5, 5.41) is 11.8. The highest BCUT2D eigenvalue weighted by atomic mass is 16.2. The van der Waals surface area contributed by atoms with Crippen molar-refractivity contribution < 1.29 is 9.59 Å². The van der Waals surface area contributed by atoms with Crippen LogP contribution in [-0.4, -0.2) is 31.6 Å². The minimum Gasteiger partial charge on any atom is -0.352 e. The average Bonchev–Trinajstić information content (AvgIpc) is 3.16. The van der Waals surface area contributed by atoms with Crippen LogP contribution in [0.15, 0.2) is 54.6 Å². The van der Waals surface area contributed by atoms with E-state index in [4.69, 9.17) is 0 Å². The number of rotatable bonds is 6. The van der Waals surface area contributed by atoms with Gasteiger partial charge in [-0.2, -0.15) is 0 Å². The third-order valence-electron chi connectivity index (χ3n) is 4.44. The van der Waals surface area contributed by atoms with E-state index in [-0.39, 0.29) is 11.9 Å². The minimum absolute atomic E-state index is 0.0868. The maximum atomic E-state index is 12.2. The van der Waals surface area contributed by atoms with Gasteiger partial charge in [0.05, 0.1) is 0 Å². The van der Waals surface area contributed by atoms with Gasteiger partial charge < -0.3 is 21.3 Å². The van der Waals surface area contributed by atoms with E-state index in [2.05, 4.69) is 21.3 Å². The molecule has 6 nitrogen and oxygen atoms in total. The van der Waals surface area contributed by atoms with E-state index in [9.17, 15) is 9.59 Å². The van der Waals surface area contributed by atoms with Gasteiger partial charge in [-0.3, -0.25) is 4.79 Å². The summed E-state index contributed by atoms with van der Waals surface area (Å²) in [5.41, 5.74) is 1.94. The average molecular weight is 352 g/mol. The standard InChI is InChI=1S/C20H24N4O2/c25-19(22-13-11-15-10-12-21-14-15)16-6-8-18(9-7-16)24-20(26)23-17-4-2-1-3-5-17/h1-9,15,21H,10-14H2,(H,22,25)(H2,23,24,26). The molecule has 3 amide bonds. The minimum atomic E-state index is -0.321. The highest BCUT2D eigenvalue weighted by Gasteiger charge is 2.14. The number of carbonyl (C=O) groups excluding carboxylic acids is 2. The molecule has 136 valence electrons. The Morgan fingerprint density at radius 2 is 1.65 bits per heavy atom. The first kappa shape index (κ1) is 17.9. The van der Waals surface area contributed by atoms with Crippen LogP contribution in [0.25, 0.3) is 0 Å². The zero-order chi connectivity index (χ0) is 18.2. The molecule has 1 aliphatic heterocycles. The van der Waals surface area contributed by atoms with Crippen molar-refractivity contribution in [3.63, 3.8) is 0 Å². The Hall–Kier alpha value is -2.86. The molecule has 0 bridgehead atoms. The Bertz CT molecular complexity index is 725. The van der Waals surface area contributed by atoms with Crippen molar-refractivity contribution in [3.05, 3.63) is 60.2 Å². The predicted molar refractivity (Wildman–Crippen MR) is 103 cm³/mol. The normalized spacial score (nSPS) is 16.1. The van der Waals surface area contributed by atoms with E-state index in [1.165, 1.54) is 6.42 Å². The number of carbonyl (C=O) groups is 2. The van der Waals surface area contributed by atoms with Gasteiger partial charge in [-0.15, -0.1) is 0 Å². The van der Waals surface area contributed by atoms with E-state index in [0.29, 0.717) is 23.7 Å². The molecule has 2 aromatic carbocycles. The van der Waals surface area contributed by atoms with Crippen LogP contribution in [0.4, 0.5) is 16.2 Å². The number of amides is 3. The van der Waals surface area contributed by atoms with Crippen LogP contribution >= 0.6 is 0 Å². The van der Waals surface area contributed by atoms with Crippen LogP contribution < -0.4 is 21.3 Å². The van der Waals surface area contributed by atoms with Crippen LogP contribution in [0.5, 0.6) is 0 Å². The number of benzene rings is 2. The monoisotopic (exact) mass is 352 g/mol. The van der Waals surface area contributed by atoms with E-state index in [0.717, 1.165) is 25.2 Å². The molecule has 0 spiro atoms. The molecule has 1 atom stereocenters. The van der Waals surface area contributed by atoms with Crippen molar-refractivity contribution in [3.8, 4) is 0 Å². The lowest BCUT2D eigenvalue weighted by Gasteiger charge is -2.10. The van der Waals surface area contributed by atoms with Crippen LogP contribution in [0.1, 0.15) is 23.2 Å². The van der Waals surface area contributed by atoms with Crippen molar-refractivity contribution in [1.82, 2.24) is 10.6 Å². The summed E-state index contributed by atoms with van der Waals surface area (Å²) in [6.45, 7) is 2.80. The van der Waals surface area contributed by atoms with Crippen LogP contribution in [-0.2, 0) is 0 Å². The summed E-state index contributed by atoms with van der Waals surface area (Å²) in [5.74, 6) is 0.571. The number of hydrogen-bond acceptors (Lipinski definition) is 3. The Labute approximate surface area is 153 Å². The number of nitrogens with one attached hydrogen (secondary N) is 4. The maximum absolute atomic E-state index is 12.2. The van der Waals surface area contributed by atoms with Crippen molar-refractivity contribution >= 4 is 23.3 Å². The summed E-state index contributed by atoms with van der Waals surface area (Å²) in [6.07, 6.45) is 2.18. The molecule has 6 heteroatoms. The largest absolute Gasteiger partial charge is 0.352 e. The van der Waals surface area contributed by atoms with Gasteiger partial charge in [-0.25, -0.2) is 4.79 Å². The topological polar surface area (TPSA) is 82.3 Å². The lowest BCUT2D eigenvalue weighted by atomic mass is 10.1. The van der Waals surface area contributed by atoms with Crippen LogP contribution in [0.3, 0.4) is 0 Å². The molecule has 26 heavy (non-hydrogen) atoms. The third-order valence-corrected chi connectivity index (χ3v) is 4.44. The van der Waals surface area contributed by atoms with Gasteiger partial charge in [0.25, 0.3) is 5.91 Å². The fraction of sp³-hybridized carbons (Fsp3) is 0.300. The molecule has 4 N–H and O–H groups in total. The van der Waals surface area contributed by atoms with Crippen molar-refractivity contribution in [2.24, 2.45) is 5.92 Å². The SMILES string of the molecule is O=C(Nc1ccccc1)Nc1ccc(C(=O)NCCC2CCNC2)cc1. The molecular weight excluding hydrogens is 328 g/mol. The van der Waals surface area contributed by atoms with Gasteiger partial charge in [0.2, 0.25) is 0 Å². The van der Waals surface area contributed by atoms with Crippen molar-refractivity contribution in [1.29, 1.82) is 0 Å².